The van der Waals surface area contributed by atoms with Gasteiger partial charge < -0.3 is 10.2 Å². The molecule has 0 radical (unpaired) electrons. The van der Waals surface area contributed by atoms with Gasteiger partial charge in [0.1, 0.15) is 18.2 Å². The van der Waals surface area contributed by atoms with Crippen LogP contribution in [-0.4, -0.2) is 28.9 Å². The van der Waals surface area contributed by atoms with Gasteiger partial charge in [0.05, 0.1) is 0 Å². The zero-order chi connectivity index (χ0) is 17.4. The Morgan fingerprint density at radius 3 is 2.44 bits per heavy atom. The van der Waals surface area contributed by atoms with Crippen molar-refractivity contribution in [3.05, 3.63) is 77.9 Å². The zero-order valence-corrected chi connectivity index (χ0v) is 14.0. The quantitative estimate of drug-likeness (QED) is 0.795. The monoisotopic (exact) mass is 335 g/mol. The summed E-state index contributed by atoms with van der Waals surface area (Å²) < 4.78 is 15.1. The number of allylic oxidation sites excluding steroid dienone is 1. The summed E-state index contributed by atoms with van der Waals surface area (Å²) in [6.07, 6.45) is 3.62. The fourth-order valence-electron chi connectivity index (χ4n) is 2.94. The standard InChI is InChI=1S/C19H18FN5/c1-24(2)16-9-5-14(6-10-16)18-11-17(13-3-7-15(20)8-4-13)23-19-21-12-22-25(18)19/h3-12,18H,1-2H3,(H,21,22,23)/t18-/m1/s1. The SMILES string of the molecule is CN(C)c1ccc([C@H]2C=C(c3ccc(F)cc3)Nc3ncnn32)cc1. The summed E-state index contributed by atoms with van der Waals surface area (Å²) >= 11 is 0. The molecule has 0 saturated heterocycles. The zero-order valence-electron chi connectivity index (χ0n) is 14.0. The summed E-state index contributed by atoms with van der Waals surface area (Å²) in [5.41, 5.74) is 4.05. The number of anilines is 2. The molecule has 0 amide bonds. The average Bonchev–Trinajstić information content (AvgIpc) is 3.10. The Hall–Kier alpha value is -3.15. The van der Waals surface area contributed by atoms with Gasteiger partial charge in [-0.3, -0.25) is 0 Å². The molecule has 0 bridgehead atoms. The molecule has 0 unspecified atom stereocenters. The van der Waals surface area contributed by atoms with Crippen molar-refractivity contribution in [1.82, 2.24) is 14.8 Å². The highest BCUT2D eigenvalue weighted by atomic mass is 19.1. The summed E-state index contributed by atoms with van der Waals surface area (Å²) in [6, 6.07) is 14.7. The summed E-state index contributed by atoms with van der Waals surface area (Å²) in [4.78, 5) is 6.35. The van der Waals surface area contributed by atoms with E-state index in [-0.39, 0.29) is 11.9 Å². The van der Waals surface area contributed by atoms with Crippen LogP contribution in [0.1, 0.15) is 17.2 Å². The number of nitrogens with one attached hydrogen (secondary N) is 1. The fraction of sp³-hybridized carbons (Fsp3) is 0.158. The third kappa shape index (κ3) is 2.87. The molecule has 2 aromatic carbocycles. The van der Waals surface area contributed by atoms with Crippen molar-refractivity contribution in [3.63, 3.8) is 0 Å². The number of aromatic nitrogens is 3. The molecule has 2 heterocycles. The number of hydrogen-bond donors (Lipinski definition) is 1. The van der Waals surface area contributed by atoms with Crippen LogP contribution in [0.5, 0.6) is 0 Å². The second-order valence-electron chi connectivity index (χ2n) is 6.17. The van der Waals surface area contributed by atoms with Crippen molar-refractivity contribution in [3.8, 4) is 0 Å². The lowest BCUT2D eigenvalue weighted by molar-refractivity contribution is 0.611. The van der Waals surface area contributed by atoms with Crippen LogP contribution in [0.3, 0.4) is 0 Å². The van der Waals surface area contributed by atoms with Crippen LogP contribution >= 0.6 is 0 Å². The number of benzene rings is 2. The number of hydrogen-bond acceptors (Lipinski definition) is 4. The minimum absolute atomic E-state index is 0.0741. The van der Waals surface area contributed by atoms with E-state index < -0.39 is 0 Å². The van der Waals surface area contributed by atoms with E-state index in [0.717, 1.165) is 22.5 Å². The Morgan fingerprint density at radius 2 is 1.76 bits per heavy atom. The molecule has 0 aliphatic carbocycles. The Morgan fingerprint density at radius 1 is 1.04 bits per heavy atom. The fourth-order valence-corrected chi connectivity index (χ4v) is 2.94. The van der Waals surface area contributed by atoms with Gasteiger partial charge in [-0.25, -0.2) is 9.07 Å². The van der Waals surface area contributed by atoms with Gasteiger partial charge in [0.25, 0.3) is 0 Å². The number of nitrogens with zero attached hydrogens (tertiary/aromatic N) is 4. The minimum atomic E-state index is -0.251. The molecular weight excluding hydrogens is 317 g/mol. The van der Waals surface area contributed by atoms with Gasteiger partial charge in [-0.2, -0.15) is 10.1 Å². The van der Waals surface area contributed by atoms with E-state index in [2.05, 4.69) is 50.6 Å². The lowest BCUT2D eigenvalue weighted by Gasteiger charge is -2.25. The van der Waals surface area contributed by atoms with Crippen molar-refractivity contribution in [2.24, 2.45) is 0 Å². The molecule has 1 aliphatic heterocycles. The molecule has 3 aromatic rings. The molecule has 5 nitrogen and oxygen atoms in total. The normalized spacial score (nSPS) is 16.0. The van der Waals surface area contributed by atoms with Crippen LogP contribution in [0.4, 0.5) is 16.0 Å². The van der Waals surface area contributed by atoms with Crippen LogP contribution in [0.15, 0.2) is 60.9 Å². The predicted octanol–water partition coefficient (Wildman–Crippen LogP) is 3.54. The van der Waals surface area contributed by atoms with E-state index in [1.807, 2.05) is 18.8 Å². The Bertz CT molecular complexity index is 910. The molecule has 1 N–H and O–H groups in total. The summed E-state index contributed by atoms with van der Waals surface area (Å²) in [7, 11) is 4.03. The third-order valence-corrected chi connectivity index (χ3v) is 4.31. The Kier molecular flexibility index (Phi) is 3.72. The average molecular weight is 335 g/mol. The molecule has 0 saturated carbocycles. The highest BCUT2D eigenvalue weighted by Crippen LogP contribution is 2.32. The number of halogens is 1. The first kappa shape index (κ1) is 15.4. The highest BCUT2D eigenvalue weighted by Gasteiger charge is 2.23. The minimum Gasteiger partial charge on any atom is -0.378 e. The van der Waals surface area contributed by atoms with Crippen LogP contribution < -0.4 is 10.2 Å². The molecule has 0 spiro atoms. The van der Waals surface area contributed by atoms with E-state index in [4.69, 9.17) is 0 Å². The summed E-state index contributed by atoms with van der Waals surface area (Å²) in [5, 5.41) is 7.60. The Labute approximate surface area is 145 Å². The van der Waals surface area contributed by atoms with Crippen LogP contribution in [0.25, 0.3) is 5.70 Å². The van der Waals surface area contributed by atoms with Crippen molar-refractivity contribution < 1.29 is 4.39 Å². The maximum atomic E-state index is 13.2. The van der Waals surface area contributed by atoms with Crippen LogP contribution in [0, 0.1) is 5.82 Å². The van der Waals surface area contributed by atoms with Gasteiger partial charge in [-0.05, 0) is 53.6 Å². The number of rotatable bonds is 3. The molecule has 1 aliphatic rings. The van der Waals surface area contributed by atoms with E-state index in [1.165, 1.54) is 18.5 Å². The topological polar surface area (TPSA) is 46.0 Å². The lowest BCUT2D eigenvalue weighted by atomic mass is 10.0. The van der Waals surface area contributed by atoms with E-state index in [9.17, 15) is 4.39 Å². The second kappa shape index (κ2) is 6.05. The predicted molar refractivity (Wildman–Crippen MR) is 96.9 cm³/mol. The Balaban J connectivity index is 1.75. The van der Waals surface area contributed by atoms with Gasteiger partial charge in [0, 0.05) is 25.5 Å². The molecule has 1 atom stereocenters. The van der Waals surface area contributed by atoms with Gasteiger partial charge in [0.15, 0.2) is 0 Å². The molecule has 4 rings (SSSR count). The van der Waals surface area contributed by atoms with Gasteiger partial charge >= 0.3 is 0 Å². The molecular formula is C19H18FN5. The molecule has 1 aromatic heterocycles. The van der Waals surface area contributed by atoms with Crippen molar-refractivity contribution in [1.29, 1.82) is 0 Å². The highest BCUT2D eigenvalue weighted by molar-refractivity contribution is 5.77. The van der Waals surface area contributed by atoms with E-state index in [0.29, 0.717) is 5.95 Å². The van der Waals surface area contributed by atoms with Crippen molar-refractivity contribution in [2.45, 2.75) is 6.04 Å². The molecule has 25 heavy (non-hydrogen) atoms. The van der Waals surface area contributed by atoms with Gasteiger partial charge in [0.2, 0.25) is 5.95 Å². The van der Waals surface area contributed by atoms with Crippen molar-refractivity contribution >= 4 is 17.3 Å². The lowest BCUT2D eigenvalue weighted by Crippen LogP contribution is -2.20. The first-order valence-electron chi connectivity index (χ1n) is 8.03. The molecule has 126 valence electrons. The van der Waals surface area contributed by atoms with Gasteiger partial charge in [-0.15, -0.1) is 0 Å². The number of fused-ring (bicyclic) bond motifs is 1. The first-order valence-corrected chi connectivity index (χ1v) is 8.03. The smallest absolute Gasteiger partial charge is 0.226 e. The molecule has 6 heteroatoms. The van der Waals surface area contributed by atoms with Gasteiger partial charge in [-0.1, -0.05) is 12.1 Å². The maximum absolute atomic E-state index is 13.2. The summed E-state index contributed by atoms with van der Waals surface area (Å²) in [6.45, 7) is 0. The summed E-state index contributed by atoms with van der Waals surface area (Å²) in [5.74, 6) is 0.419. The molecule has 0 fully saturated rings. The second-order valence-corrected chi connectivity index (χ2v) is 6.17. The van der Waals surface area contributed by atoms with Crippen molar-refractivity contribution in [2.75, 3.05) is 24.3 Å². The maximum Gasteiger partial charge on any atom is 0.226 e. The van der Waals surface area contributed by atoms with E-state index >= 15 is 0 Å². The first-order chi connectivity index (χ1) is 12.1. The van der Waals surface area contributed by atoms with E-state index in [1.54, 1.807) is 12.1 Å². The largest absolute Gasteiger partial charge is 0.378 e. The third-order valence-electron chi connectivity index (χ3n) is 4.31. The van der Waals surface area contributed by atoms with Crippen LogP contribution in [-0.2, 0) is 0 Å². The van der Waals surface area contributed by atoms with Crippen LogP contribution in [0.2, 0.25) is 0 Å².